The van der Waals surface area contributed by atoms with Gasteiger partial charge in [-0.25, -0.2) is 0 Å². The monoisotopic (exact) mass is 942 g/mol. The maximum Gasteiger partial charge on any atom is 0.0542 e. The lowest BCUT2D eigenvalue weighted by molar-refractivity contribution is 1.18. The topological polar surface area (TPSA) is 18.0 Å². The quantitative estimate of drug-likeness (QED) is 0.148. The van der Waals surface area contributed by atoms with Crippen LogP contribution in [0.3, 0.4) is 0 Å². The lowest BCUT2D eigenvalue weighted by Gasteiger charge is -2.28. The molecule has 4 heteroatoms. The molecule has 3 heterocycles. The third-order valence-electron chi connectivity index (χ3n) is 15.3. The van der Waals surface area contributed by atoms with E-state index in [0.29, 0.717) is 0 Å². The van der Waals surface area contributed by atoms with Gasteiger partial charge in [0.15, 0.2) is 0 Å². The number of aromatic nitrogens is 3. The largest absolute Gasteiger partial charge is 0.310 e. The van der Waals surface area contributed by atoms with Crippen LogP contribution in [-0.4, -0.2) is 13.7 Å². The van der Waals surface area contributed by atoms with Crippen LogP contribution in [0.15, 0.2) is 279 Å². The second kappa shape index (κ2) is 16.9. The highest BCUT2D eigenvalue weighted by Crippen LogP contribution is 2.44. The maximum atomic E-state index is 2.44. The van der Waals surface area contributed by atoms with Gasteiger partial charge in [0, 0.05) is 65.8 Å². The Balaban J connectivity index is 0.848. The van der Waals surface area contributed by atoms with Crippen LogP contribution in [0.1, 0.15) is 0 Å². The van der Waals surface area contributed by atoms with Gasteiger partial charge in [-0.15, -0.1) is 0 Å². The van der Waals surface area contributed by atoms with Crippen molar-refractivity contribution in [1.82, 2.24) is 13.7 Å². The predicted molar refractivity (Wildman–Crippen MR) is 313 cm³/mol. The van der Waals surface area contributed by atoms with Crippen molar-refractivity contribution in [2.45, 2.75) is 0 Å². The van der Waals surface area contributed by atoms with Crippen molar-refractivity contribution < 1.29 is 0 Å². The Hall–Kier alpha value is -9.90. The first-order chi connectivity index (χ1) is 36.7. The van der Waals surface area contributed by atoms with Gasteiger partial charge in [-0.1, -0.05) is 176 Å². The molecule has 0 atom stereocenters. The van der Waals surface area contributed by atoms with E-state index in [9.17, 15) is 0 Å². The van der Waals surface area contributed by atoms with Gasteiger partial charge >= 0.3 is 0 Å². The van der Waals surface area contributed by atoms with E-state index in [1.54, 1.807) is 0 Å². The van der Waals surface area contributed by atoms with Crippen molar-refractivity contribution in [1.29, 1.82) is 0 Å². The first-order valence-corrected chi connectivity index (χ1v) is 25.4. The van der Waals surface area contributed by atoms with Gasteiger partial charge in [0.2, 0.25) is 0 Å². The van der Waals surface area contributed by atoms with Crippen molar-refractivity contribution in [3.05, 3.63) is 279 Å². The van der Waals surface area contributed by atoms with E-state index in [4.69, 9.17) is 0 Å². The van der Waals surface area contributed by atoms with Gasteiger partial charge in [-0.05, 0) is 125 Å². The summed E-state index contributed by atoms with van der Waals surface area (Å²) < 4.78 is 7.19. The van der Waals surface area contributed by atoms with E-state index in [-0.39, 0.29) is 0 Å². The second-order valence-electron chi connectivity index (χ2n) is 19.3. The highest BCUT2D eigenvalue weighted by molar-refractivity contribution is 6.13. The zero-order chi connectivity index (χ0) is 48.7. The maximum absolute atomic E-state index is 2.44. The van der Waals surface area contributed by atoms with E-state index < -0.39 is 0 Å². The summed E-state index contributed by atoms with van der Waals surface area (Å²) in [6.45, 7) is 0. The number of para-hydroxylation sites is 6. The van der Waals surface area contributed by atoms with Gasteiger partial charge in [-0.2, -0.15) is 0 Å². The SMILES string of the molecule is c1ccc(-n2c3ccccc3c3cc(-c4ccc(N(c5ccc(-c6ccc(-n7c8ccccc8c8ccccc87)cc6)cc5)c5ccc(-n6c7ccccc7c7ccccc76)c6ccccc56)cc4)ccc32)cc1. The minimum absolute atomic E-state index is 1.08. The van der Waals surface area contributed by atoms with Crippen molar-refractivity contribution >= 4 is 93.3 Å². The summed E-state index contributed by atoms with van der Waals surface area (Å²) in [7, 11) is 0. The summed E-state index contributed by atoms with van der Waals surface area (Å²) in [5.41, 5.74) is 18.6. The molecule has 0 aliphatic rings. The molecule has 12 aromatic carbocycles. The molecule has 0 spiro atoms. The fourth-order valence-corrected chi connectivity index (χ4v) is 11.9. The minimum atomic E-state index is 1.08. The smallest absolute Gasteiger partial charge is 0.0542 e. The number of hydrogen-bond donors (Lipinski definition) is 0. The van der Waals surface area contributed by atoms with E-state index in [0.717, 1.165) is 39.7 Å². The Labute approximate surface area is 428 Å². The van der Waals surface area contributed by atoms with Crippen LogP contribution in [0.4, 0.5) is 17.1 Å². The number of benzene rings is 12. The van der Waals surface area contributed by atoms with Crippen molar-refractivity contribution in [3.8, 4) is 39.3 Å². The molecule has 15 rings (SSSR count). The molecule has 0 aliphatic carbocycles. The van der Waals surface area contributed by atoms with Gasteiger partial charge in [0.25, 0.3) is 0 Å². The molecule has 0 saturated carbocycles. The third-order valence-corrected chi connectivity index (χ3v) is 15.3. The van der Waals surface area contributed by atoms with Crippen LogP contribution in [0.2, 0.25) is 0 Å². The zero-order valence-corrected chi connectivity index (χ0v) is 40.3. The number of fused-ring (bicyclic) bond motifs is 10. The summed E-state index contributed by atoms with van der Waals surface area (Å²) in [5, 5.41) is 9.86. The van der Waals surface area contributed by atoms with E-state index in [2.05, 4.69) is 298 Å². The summed E-state index contributed by atoms with van der Waals surface area (Å²) in [6.07, 6.45) is 0. The summed E-state index contributed by atoms with van der Waals surface area (Å²) in [6, 6.07) is 102. The molecule has 0 fully saturated rings. The molecule has 3 aromatic heterocycles. The van der Waals surface area contributed by atoms with E-state index in [1.807, 2.05) is 0 Å². The van der Waals surface area contributed by atoms with Crippen LogP contribution in [0.5, 0.6) is 0 Å². The highest BCUT2D eigenvalue weighted by Gasteiger charge is 2.21. The molecule has 0 radical (unpaired) electrons. The Kier molecular flexibility index (Phi) is 9.54. The van der Waals surface area contributed by atoms with E-state index in [1.165, 1.54) is 92.9 Å². The minimum Gasteiger partial charge on any atom is -0.310 e. The number of hydrogen-bond acceptors (Lipinski definition) is 1. The Morgan fingerprint density at radius 1 is 0.216 bits per heavy atom. The molecule has 4 nitrogen and oxygen atoms in total. The molecule has 0 amide bonds. The molecule has 0 aliphatic heterocycles. The molecule has 15 aromatic rings. The Morgan fingerprint density at radius 3 is 1.07 bits per heavy atom. The zero-order valence-electron chi connectivity index (χ0n) is 40.3. The summed E-state index contributed by atoms with van der Waals surface area (Å²) >= 11 is 0. The first-order valence-electron chi connectivity index (χ1n) is 25.4. The van der Waals surface area contributed by atoms with Crippen LogP contribution in [0, 0.1) is 0 Å². The molecule has 0 saturated heterocycles. The average molecular weight is 943 g/mol. The lowest BCUT2D eigenvalue weighted by atomic mass is 10.0. The fourth-order valence-electron chi connectivity index (χ4n) is 11.9. The molecule has 0 N–H and O–H groups in total. The molecular formula is C70H46N4. The van der Waals surface area contributed by atoms with Crippen LogP contribution in [0.25, 0.3) is 116 Å². The van der Waals surface area contributed by atoms with Crippen molar-refractivity contribution in [3.63, 3.8) is 0 Å². The normalized spacial score (nSPS) is 11.8. The van der Waals surface area contributed by atoms with Gasteiger partial charge in [-0.3, -0.25) is 0 Å². The number of rotatable bonds is 8. The third kappa shape index (κ3) is 6.55. The number of nitrogens with zero attached hydrogens (tertiary/aromatic N) is 4. The van der Waals surface area contributed by atoms with E-state index >= 15 is 0 Å². The van der Waals surface area contributed by atoms with Crippen LogP contribution in [-0.2, 0) is 0 Å². The van der Waals surface area contributed by atoms with Gasteiger partial charge in [0.1, 0.15) is 0 Å². The number of anilines is 3. The van der Waals surface area contributed by atoms with Crippen LogP contribution >= 0.6 is 0 Å². The predicted octanol–water partition coefficient (Wildman–Crippen LogP) is 18.9. The van der Waals surface area contributed by atoms with Crippen LogP contribution < -0.4 is 4.90 Å². The molecular weight excluding hydrogens is 897 g/mol. The average Bonchev–Trinajstić information content (AvgIpc) is 4.12. The lowest BCUT2D eigenvalue weighted by Crippen LogP contribution is -2.11. The van der Waals surface area contributed by atoms with Crippen molar-refractivity contribution in [2.24, 2.45) is 0 Å². The highest BCUT2D eigenvalue weighted by atomic mass is 15.1. The molecule has 346 valence electrons. The Morgan fingerprint density at radius 2 is 0.568 bits per heavy atom. The summed E-state index contributed by atoms with van der Waals surface area (Å²) in [4.78, 5) is 2.42. The standard InChI is InChI=1S/C70H46N4/c1-2-16-51(17-3-1)72-65-27-13-10-24-61(65)62-46-50(36-43-70(62)72)49-34-39-53(40-35-49)71(68-44-45-69(60-19-5-4-18-59(60)68)74-66-28-14-8-22-57(66)58-23-9-15-29-67(58)74)52-37-30-47(31-38-52)48-32-41-54(42-33-48)73-63-25-11-6-20-55(63)56-21-7-12-26-64(56)73/h1-46H. The second-order valence-corrected chi connectivity index (χ2v) is 19.3. The van der Waals surface area contributed by atoms with Gasteiger partial charge < -0.3 is 18.6 Å². The van der Waals surface area contributed by atoms with Gasteiger partial charge in [0.05, 0.1) is 44.5 Å². The molecule has 0 bridgehead atoms. The summed E-state index contributed by atoms with van der Waals surface area (Å²) in [5.74, 6) is 0. The first kappa shape index (κ1) is 41.8. The van der Waals surface area contributed by atoms with Crippen molar-refractivity contribution in [2.75, 3.05) is 4.90 Å². The molecule has 0 unspecified atom stereocenters. The molecule has 74 heavy (non-hydrogen) atoms. The fraction of sp³-hybridized carbons (Fsp3) is 0. The Bertz CT molecular complexity index is 4530.